The third kappa shape index (κ3) is 2.46. The van der Waals surface area contributed by atoms with Gasteiger partial charge in [0.1, 0.15) is 5.69 Å². The fourth-order valence-electron chi connectivity index (χ4n) is 1.85. The molecule has 0 aliphatic heterocycles. The van der Waals surface area contributed by atoms with Gasteiger partial charge in [0, 0.05) is 6.04 Å². The minimum Gasteiger partial charge on any atom is -0.348 e. The number of nitrogens with one attached hydrogen (secondary N) is 2. The molecular formula is C10H15N5O. The van der Waals surface area contributed by atoms with Crippen molar-refractivity contribution in [2.75, 3.05) is 5.43 Å². The van der Waals surface area contributed by atoms with E-state index in [4.69, 9.17) is 5.84 Å². The van der Waals surface area contributed by atoms with Crippen LogP contribution in [-0.2, 0) is 0 Å². The van der Waals surface area contributed by atoms with Crippen LogP contribution in [0.15, 0.2) is 12.4 Å². The molecule has 1 amide bonds. The summed E-state index contributed by atoms with van der Waals surface area (Å²) < 4.78 is 0. The Bertz CT molecular complexity index is 358. The highest BCUT2D eigenvalue weighted by molar-refractivity contribution is 5.92. The van der Waals surface area contributed by atoms with Crippen molar-refractivity contribution < 1.29 is 4.79 Å². The summed E-state index contributed by atoms with van der Waals surface area (Å²) in [4.78, 5) is 19.6. The zero-order valence-electron chi connectivity index (χ0n) is 8.94. The number of amides is 1. The number of anilines is 1. The van der Waals surface area contributed by atoms with Gasteiger partial charge in [-0.15, -0.1) is 0 Å². The van der Waals surface area contributed by atoms with Gasteiger partial charge in [0.05, 0.1) is 12.4 Å². The second-order valence-corrected chi connectivity index (χ2v) is 3.89. The summed E-state index contributed by atoms with van der Waals surface area (Å²) in [6, 6.07) is 0.293. The predicted octanol–water partition coefficient (Wildman–Crippen LogP) is 0.435. The lowest BCUT2D eigenvalue weighted by atomic mass is 10.2. The number of carbonyl (C=O) groups is 1. The molecule has 1 aliphatic carbocycles. The van der Waals surface area contributed by atoms with Crippen LogP contribution in [0.25, 0.3) is 0 Å². The number of rotatable bonds is 3. The molecule has 6 heteroatoms. The summed E-state index contributed by atoms with van der Waals surface area (Å²) in [5.41, 5.74) is 2.69. The van der Waals surface area contributed by atoms with E-state index in [1.165, 1.54) is 25.2 Å². The van der Waals surface area contributed by atoms with E-state index in [0.29, 0.717) is 17.6 Å². The second kappa shape index (κ2) is 4.89. The van der Waals surface area contributed by atoms with E-state index in [-0.39, 0.29) is 5.91 Å². The molecule has 1 aliphatic rings. The van der Waals surface area contributed by atoms with Crippen LogP contribution in [0.5, 0.6) is 0 Å². The Balaban J connectivity index is 1.97. The van der Waals surface area contributed by atoms with Crippen LogP contribution in [0.3, 0.4) is 0 Å². The van der Waals surface area contributed by atoms with E-state index in [0.717, 1.165) is 12.8 Å². The van der Waals surface area contributed by atoms with Crippen LogP contribution < -0.4 is 16.6 Å². The first-order chi connectivity index (χ1) is 7.79. The molecule has 1 aromatic rings. The van der Waals surface area contributed by atoms with E-state index >= 15 is 0 Å². The van der Waals surface area contributed by atoms with Crippen molar-refractivity contribution in [1.29, 1.82) is 0 Å². The monoisotopic (exact) mass is 221 g/mol. The molecule has 86 valence electrons. The lowest BCUT2D eigenvalue weighted by molar-refractivity contribution is 0.0932. The maximum atomic E-state index is 11.7. The van der Waals surface area contributed by atoms with Gasteiger partial charge in [-0.25, -0.2) is 15.8 Å². The Morgan fingerprint density at radius 1 is 1.31 bits per heavy atom. The first-order valence-corrected chi connectivity index (χ1v) is 5.39. The van der Waals surface area contributed by atoms with Crippen LogP contribution in [0.2, 0.25) is 0 Å². The molecule has 2 rings (SSSR count). The van der Waals surface area contributed by atoms with Crippen LogP contribution in [-0.4, -0.2) is 21.9 Å². The maximum absolute atomic E-state index is 11.7. The van der Waals surface area contributed by atoms with Gasteiger partial charge in [0.15, 0.2) is 5.82 Å². The number of hydrogen-bond donors (Lipinski definition) is 3. The van der Waals surface area contributed by atoms with Crippen molar-refractivity contribution in [1.82, 2.24) is 15.3 Å². The Morgan fingerprint density at radius 2 is 2.06 bits per heavy atom. The summed E-state index contributed by atoms with van der Waals surface area (Å²) in [6.07, 6.45) is 7.34. The highest BCUT2D eigenvalue weighted by atomic mass is 16.1. The van der Waals surface area contributed by atoms with Gasteiger partial charge in [-0.2, -0.15) is 0 Å². The van der Waals surface area contributed by atoms with Gasteiger partial charge < -0.3 is 10.7 Å². The molecule has 0 saturated heterocycles. The Kier molecular flexibility index (Phi) is 3.31. The first kappa shape index (κ1) is 10.8. The van der Waals surface area contributed by atoms with Crippen LogP contribution >= 0.6 is 0 Å². The minimum atomic E-state index is -0.164. The second-order valence-electron chi connectivity index (χ2n) is 3.89. The average molecular weight is 221 g/mol. The highest BCUT2D eigenvalue weighted by Crippen LogP contribution is 2.17. The van der Waals surface area contributed by atoms with Gasteiger partial charge in [0.25, 0.3) is 5.91 Å². The normalized spacial score (nSPS) is 16.1. The molecule has 1 aromatic heterocycles. The zero-order valence-corrected chi connectivity index (χ0v) is 8.94. The topological polar surface area (TPSA) is 92.9 Å². The van der Waals surface area contributed by atoms with Crippen molar-refractivity contribution in [2.24, 2.45) is 5.84 Å². The van der Waals surface area contributed by atoms with Gasteiger partial charge >= 0.3 is 0 Å². The fourth-order valence-corrected chi connectivity index (χ4v) is 1.85. The molecule has 0 atom stereocenters. The smallest absolute Gasteiger partial charge is 0.271 e. The summed E-state index contributed by atoms with van der Waals surface area (Å²) in [5.74, 6) is 5.43. The summed E-state index contributed by atoms with van der Waals surface area (Å²) in [7, 11) is 0. The van der Waals surface area contributed by atoms with E-state index in [9.17, 15) is 4.79 Å². The molecule has 4 N–H and O–H groups in total. The van der Waals surface area contributed by atoms with E-state index in [1.54, 1.807) is 0 Å². The van der Waals surface area contributed by atoms with Gasteiger partial charge in [-0.05, 0) is 12.8 Å². The Labute approximate surface area is 93.6 Å². The third-order valence-corrected chi connectivity index (χ3v) is 2.72. The van der Waals surface area contributed by atoms with E-state index in [2.05, 4.69) is 20.7 Å². The van der Waals surface area contributed by atoms with Gasteiger partial charge in [-0.3, -0.25) is 4.79 Å². The molecule has 0 spiro atoms. The molecule has 0 unspecified atom stereocenters. The predicted molar refractivity (Wildman–Crippen MR) is 59.6 cm³/mol. The minimum absolute atomic E-state index is 0.164. The standard InChI is InChI=1S/C10H15N5O/c11-15-9-6-12-8(5-13-9)10(16)14-7-3-1-2-4-7/h5-7H,1-4,11H2,(H,13,15)(H,14,16). The summed E-state index contributed by atoms with van der Waals surface area (Å²) in [6.45, 7) is 0. The van der Waals surface area contributed by atoms with Crippen molar-refractivity contribution in [3.05, 3.63) is 18.1 Å². The quantitative estimate of drug-likeness (QED) is 0.508. The van der Waals surface area contributed by atoms with Crippen LogP contribution in [0.1, 0.15) is 36.2 Å². The van der Waals surface area contributed by atoms with E-state index < -0.39 is 0 Å². The largest absolute Gasteiger partial charge is 0.348 e. The number of carbonyl (C=O) groups excluding carboxylic acids is 1. The number of aromatic nitrogens is 2. The van der Waals surface area contributed by atoms with E-state index in [1.807, 2.05) is 0 Å². The molecule has 6 nitrogen and oxygen atoms in total. The summed E-state index contributed by atoms with van der Waals surface area (Å²) in [5, 5.41) is 2.94. The number of nitrogen functional groups attached to an aromatic ring is 1. The van der Waals surface area contributed by atoms with Gasteiger partial charge in [0.2, 0.25) is 0 Å². The molecule has 0 radical (unpaired) electrons. The van der Waals surface area contributed by atoms with Crippen molar-refractivity contribution in [3.63, 3.8) is 0 Å². The SMILES string of the molecule is NNc1cnc(C(=O)NC2CCCC2)cn1. The molecular weight excluding hydrogens is 206 g/mol. The lowest BCUT2D eigenvalue weighted by Crippen LogP contribution is -2.33. The lowest BCUT2D eigenvalue weighted by Gasteiger charge is -2.10. The Hall–Kier alpha value is -1.69. The zero-order chi connectivity index (χ0) is 11.4. The number of nitrogens with two attached hydrogens (primary N) is 1. The molecule has 0 aromatic carbocycles. The molecule has 1 fully saturated rings. The van der Waals surface area contributed by atoms with Crippen molar-refractivity contribution in [2.45, 2.75) is 31.7 Å². The molecule has 1 heterocycles. The van der Waals surface area contributed by atoms with Crippen LogP contribution in [0.4, 0.5) is 5.82 Å². The summed E-state index contributed by atoms with van der Waals surface area (Å²) >= 11 is 0. The fraction of sp³-hybridized carbons (Fsp3) is 0.500. The average Bonchev–Trinajstić information content (AvgIpc) is 2.82. The molecule has 1 saturated carbocycles. The number of hydrogen-bond acceptors (Lipinski definition) is 5. The Morgan fingerprint density at radius 3 is 2.62 bits per heavy atom. The number of hydrazine groups is 1. The van der Waals surface area contributed by atoms with Crippen molar-refractivity contribution in [3.8, 4) is 0 Å². The van der Waals surface area contributed by atoms with Gasteiger partial charge in [-0.1, -0.05) is 12.8 Å². The molecule has 0 bridgehead atoms. The molecule has 16 heavy (non-hydrogen) atoms. The number of nitrogens with zero attached hydrogens (tertiary/aromatic N) is 2. The van der Waals surface area contributed by atoms with Crippen molar-refractivity contribution >= 4 is 11.7 Å². The van der Waals surface area contributed by atoms with Crippen LogP contribution in [0, 0.1) is 0 Å². The maximum Gasteiger partial charge on any atom is 0.271 e. The highest BCUT2D eigenvalue weighted by Gasteiger charge is 2.18. The third-order valence-electron chi connectivity index (χ3n) is 2.72. The first-order valence-electron chi connectivity index (χ1n) is 5.39.